The second-order valence-corrected chi connectivity index (χ2v) is 6.59. The number of benzene rings is 2. The lowest BCUT2D eigenvalue weighted by Gasteiger charge is -2.20. The van der Waals surface area contributed by atoms with Gasteiger partial charge in [-0.2, -0.15) is 0 Å². The van der Waals surface area contributed by atoms with E-state index < -0.39 is 0 Å². The van der Waals surface area contributed by atoms with Crippen LogP contribution in [0.5, 0.6) is 5.75 Å². The molecule has 1 unspecified atom stereocenters. The zero-order valence-electron chi connectivity index (χ0n) is 15.0. The fraction of sp³-hybridized carbons (Fsp3) is 0.381. The average molecular weight is 338 g/mol. The summed E-state index contributed by atoms with van der Waals surface area (Å²) in [6.07, 6.45) is 1.60. The summed E-state index contributed by atoms with van der Waals surface area (Å²) >= 11 is 0. The average Bonchev–Trinajstić information content (AvgIpc) is 3.05. The lowest BCUT2D eigenvalue weighted by atomic mass is 9.97. The molecular formula is C21H26N2O2. The molecule has 0 bridgehead atoms. The molecule has 1 amide bonds. The number of methoxy groups -OCH3 is 1. The summed E-state index contributed by atoms with van der Waals surface area (Å²) in [7, 11) is 1.66. The van der Waals surface area contributed by atoms with Crippen molar-refractivity contribution >= 4 is 11.6 Å². The van der Waals surface area contributed by atoms with Gasteiger partial charge in [0.05, 0.1) is 7.11 Å². The summed E-state index contributed by atoms with van der Waals surface area (Å²) in [6, 6.07) is 16.4. The number of amides is 1. The zero-order chi connectivity index (χ0) is 17.6. The molecule has 1 aliphatic heterocycles. The van der Waals surface area contributed by atoms with Gasteiger partial charge in [0, 0.05) is 31.7 Å². The van der Waals surface area contributed by atoms with Crippen LogP contribution in [0.25, 0.3) is 0 Å². The first-order valence-electron chi connectivity index (χ1n) is 8.91. The Morgan fingerprint density at radius 1 is 1.20 bits per heavy atom. The van der Waals surface area contributed by atoms with Gasteiger partial charge in [0.2, 0.25) is 5.91 Å². The van der Waals surface area contributed by atoms with Gasteiger partial charge in [-0.1, -0.05) is 37.3 Å². The number of nitrogens with one attached hydrogen (secondary N) is 1. The van der Waals surface area contributed by atoms with E-state index in [1.165, 1.54) is 11.3 Å². The van der Waals surface area contributed by atoms with Crippen molar-refractivity contribution in [2.75, 3.05) is 31.6 Å². The highest BCUT2D eigenvalue weighted by molar-refractivity contribution is 5.76. The highest BCUT2D eigenvalue weighted by Gasteiger charge is 2.18. The van der Waals surface area contributed by atoms with Crippen LogP contribution in [-0.2, 0) is 11.2 Å². The zero-order valence-corrected chi connectivity index (χ0v) is 15.0. The van der Waals surface area contributed by atoms with Crippen LogP contribution in [0, 0.1) is 0 Å². The molecule has 4 nitrogen and oxygen atoms in total. The van der Waals surface area contributed by atoms with E-state index in [9.17, 15) is 4.79 Å². The third-order valence-corrected chi connectivity index (χ3v) is 4.86. The van der Waals surface area contributed by atoms with E-state index in [1.54, 1.807) is 7.11 Å². The molecule has 0 saturated heterocycles. The van der Waals surface area contributed by atoms with Crippen molar-refractivity contribution in [3.63, 3.8) is 0 Å². The highest BCUT2D eigenvalue weighted by Crippen LogP contribution is 2.26. The smallest absolute Gasteiger partial charge is 0.220 e. The fourth-order valence-corrected chi connectivity index (χ4v) is 3.37. The van der Waals surface area contributed by atoms with Crippen LogP contribution in [0.3, 0.4) is 0 Å². The Hall–Kier alpha value is -2.49. The van der Waals surface area contributed by atoms with Gasteiger partial charge in [-0.15, -0.1) is 0 Å². The molecule has 2 aromatic rings. The van der Waals surface area contributed by atoms with Crippen molar-refractivity contribution in [1.82, 2.24) is 5.32 Å². The van der Waals surface area contributed by atoms with E-state index in [2.05, 4.69) is 41.4 Å². The largest absolute Gasteiger partial charge is 0.497 e. The molecule has 0 fully saturated rings. The van der Waals surface area contributed by atoms with Crippen molar-refractivity contribution < 1.29 is 9.53 Å². The van der Waals surface area contributed by atoms with Crippen LogP contribution < -0.4 is 15.0 Å². The summed E-state index contributed by atoms with van der Waals surface area (Å²) in [4.78, 5) is 14.6. The predicted molar refractivity (Wildman–Crippen MR) is 101 cm³/mol. The van der Waals surface area contributed by atoms with Gasteiger partial charge >= 0.3 is 0 Å². The fourth-order valence-electron chi connectivity index (χ4n) is 3.37. The minimum atomic E-state index is 0.107. The van der Waals surface area contributed by atoms with Crippen LogP contribution in [-0.4, -0.2) is 32.7 Å². The molecule has 1 heterocycles. The van der Waals surface area contributed by atoms with E-state index in [4.69, 9.17) is 4.74 Å². The normalized spacial score (nSPS) is 14.1. The van der Waals surface area contributed by atoms with Crippen molar-refractivity contribution in [2.45, 2.75) is 25.7 Å². The van der Waals surface area contributed by atoms with Gasteiger partial charge in [0.1, 0.15) is 5.75 Å². The molecular weight excluding hydrogens is 312 g/mol. The summed E-state index contributed by atoms with van der Waals surface area (Å²) in [5.74, 6) is 1.14. The van der Waals surface area contributed by atoms with Crippen LogP contribution in [0.2, 0.25) is 0 Å². The highest BCUT2D eigenvalue weighted by atomic mass is 16.5. The van der Waals surface area contributed by atoms with E-state index in [1.807, 2.05) is 24.3 Å². The standard InChI is InChI=1S/C21H26N2O2/c1-16(17-7-9-19(25-2)10-8-17)15-21(24)22-12-14-23-13-11-18-5-3-4-6-20(18)23/h3-10,16H,11-15H2,1-2H3,(H,22,24). The van der Waals surface area contributed by atoms with E-state index in [0.717, 1.165) is 30.8 Å². The minimum Gasteiger partial charge on any atom is -0.497 e. The second kappa shape index (κ2) is 8.06. The van der Waals surface area contributed by atoms with Crippen molar-refractivity contribution in [3.8, 4) is 5.75 Å². The van der Waals surface area contributed by atoms with Crippen molar-refractivity contribution in [1.29, 1.82) is 0 Å². The molecule has 3 rings (SSSR count). The van der Waals surface area contributed by atoms with Gasteiger partial charge in [0.25, 0.3) is 0 Å². The number of anilines is 1. The molecule has 1 N–H and O–H groups in total. The Bertz CT molecular complexity index is 712. The molecule has 0 saturated carbocycles. The summed E-state index contributed by atoms with van der Waals surface area (Å²) in [6.45, 7) is 4.66. The monoisotopic (exact) mass is 338 g/mol. The van der Waals surface area contributed by atoms with Gasteiger partial charge in [-0.05, 0) is 41.7 Å². The van der Waals surface area contributed by atoms with Gasteiger partial charge in [-0.3, -0.25) is 4.79 Å². The van der Waals surface area contributed by atoms with Crippen LogP contribution >= 0.6 is 0 Å². The Balaban J connectivity index is 1.43. The lowest BCUT2D eigenvalue weighted by molar-refractivity contribution is -0.121. The first-order valence-corrected chi connectivity index (χ1v) is 8.91. The number of carbonyl (C=O) groups excluding carboxylic acids is 1. The number of nitrogens with zero attached hydrogens (tertiary/aromatic N) is 1. The number of hydrogen-bond donors (Lipinski definition) is 1. The molecule has 1 aliphatic rings. The first kappa shape index (κ1) is 17.3. The predicted octanol–water partition coefficient (Wildman–Crippen LogP) is 3.37. The molecule has 0 radical (unpaired) electrons. The third kappa shape index (κ3) is 4.32. The van der Waals surface area contributed by atoms with Crippen molar-refractivity contribution in [3.05, 3.63) is 59.7 Å². The van der Waals surface area contributed by atoms with Crippen molar-refractivity contribution in [2.24, 2.45) is 0 Å². The first-order chi connectivity index (χ1) is 12.2. The minimum absolute atomic E-state index is 0.107. The topological polar surface area (TPSA) is 41.6 Å². The second-order valence-electron chi connectivity index (χ2n) is 6.59. The van der Waals surface area contributed by atoms with Gasteiger partial charge < -0.3 is 15.0 Å². The lowest BCUT2D eigenvalue weighted by Crippen LogP contribution is -2.34. The number of carbonyl (C=O) groups is 1. The molecule has 132 valence electrons. The van der Waals surface area contributed by atoms with Gasteiger partial charge in [0.15, 0.2) is 0 Å². The molecule has 0 spiro atoms. The molecule has 0 aliphatic carbocycles. The Labute approximate surface area is 149 Å². The number of hydrogen-bond acceptors (Lipinski definition) is 3. The number of fused-ring (bicyclic) bond motifs is 1. The quantitative estimate of drug-likeness (QED) is 0.842. The SMILES string of the molecule is COc1ccc(C(C)CC(=O)NCCN2CCc3ccccc32)cc1. The Kier molecular flexibility index (Phi) is 5.59. The third-order valence-electron chi connectivity index (χ3n) is 4.86. The molecule has 0 aromatic heterocycles. The maximum Gasteiger partial charge on any atom is 0.220 e. The summed E-state index contributed by atoms with van der Waals surface area (Å²) in [5.41, 5.74) is 3.87. The van der Waals surface area contributed by atoms with Crippen LogP contribution in [0.1, 0.15) is 30.4 Å². The molecule has 25 heavy (non-hydrogen) atoms. The molecule has 1 atom stereocenters. The maximum absolute atomic E-state index is 12.2. The van der Waals surface area contributed by atoms with Crippen LogP contribution in [0.4, 0.5) is 5.69 Å². The number of ether oxygens (including phenoxy) is 1. The number of rotatable bonds is 7. The van der Waals surface area contributed by atoms with E-state index >= 15 is 0 Å². The van der Waals surface area contributed by atoms with Gasteiger partial charge in [-0.25, -0.2) is 0 Å². The van der Waals surface area contributed by atoms with E-state index in [0.29, 0.717) is 13.0 Å². The summed E-state index contributed by atoms with van der Waals surface area (Å²) in [5, 5.41) is 3.06. The number of para-hydroxylation sites is 1. The summed E-state index contributed by atoms with van der Waals surface area (Å²) < 4.78 is 5.17. The Morgan fingerprint density at radius 2 is 1.96 bits per heavy atom. The molecule has 2 aromatic carbocycles. The Morgan fingerprint density at radius 3 is 2.72 bits per heavy atom. The molecule has 4 heteroatoms. The van der Waals surface area contributed by atoms with Crippen LogP contribution in [0.15, 0.2) is 48.5 Å². The maximum atomic E-state index is 12.2. The van der Waals surface area contributed by atoms with E-state index in [-0.39, 0.29) is 11.8 Å².